The number of hydrogen-bond donors (Lipinski definition) is 1. The normalized spacial score (nSPS) is 35.4. The lowest BCUT2D eigenvalue weighted by Crippen LogP contribution is -2.37. The third-order valence-electron chi connectivity index (χ3n) is 3.42. The lowest BCUT2D eigenvalue weighted by molar-refractivity contribution is -0.119. The Morgan fingerprint density at radius 3 is 2.82 bits per heavy atom. The molecule has 4 nitrogen and oxygen atoms in total. The number of aliphatic hydroxyl groups is 1. The minimum absolute atomic E-state index is 0.0000954. The van der Waals surface area contributed by atoms with Gasteiger partial charge in [-0.15, -0.1) is 0 Å². The zero-order valence-electron chi connectivity index (χ0n) is 9.46. The standard InChI is InChI=1S/C13H13NO3/c1-13(16)7-9(15)10-11(14-17-12(10)13)8-5-3-2-4-6-8/h2-6,10,12,16H,7H2,1H3/t10-,12+,13-/m0/s1. The van der Waals surface area contributed by atoms with Crippen molar-refractivity contribution in [3.63, 3.8) is 0 Å². The zero-order valence-corrected chi connectivity index (χ0v) is 9.46. The average Bonchev–Trinajstić information content (AvgIpc) is 2.82. The third-order valence-corrected chi connectivity index (χ3v) is 3.42. The highest BCUT2D eigenvalue weighted by Crippen LogP contribution is 2.40. The van der Waals surface area contributed by atoms with E-state index in [1.807, 2.05) is 30.3 Å². The Labute approximate surface area is 98.9 Å². The van der Waals surface area contributed by atoms with Crippen LogP contribution in [0.2, 0.25) is 0 Å². The molecule has 2 aliphatic rings. The third kappa shape index (κ3) is 1.48. The molecule has 1 N–H and O–H groups in total. The predicted molar refractivity (Wildman–Crippen MR) is 61.6 cm³/mol. The van der Waals surface area contributed by atoms with Crippen LogP contribution in [0.4, 0.5) is 0 Å². The summed E-state index contributed by atoms with van der Waals surface area (Å²) in [6.07, 6.45) is -0.404. The van der Waals surface area contributed by atoms with Crippen molar-refractivity contribution >= 4 is 11.5 Å². The smallest absolute Gasteiger partial charge is 0.171 e. The second-order valence-electron chi connectivity index (χ2n) is 4.85. The van der Waals surface area contributed by atoms with Crippen LogP contribution < -0.4 is 0 Å². The minimum Gasteiger partial charge on any atom is -0.388 e. The van der Waals surface area contributed by atoms with Crippen LogP contribution >= 0.6 is 0 Å². The fourth-order valence-electron chi connectivity index (χ4n) is 2.57. The molecule has 4 heteroatoms. The maximum atomic E-state index is 11.9. The summed E-state index contributed by atoms with van der Waals surface area (Å²) in [7, 11) is 0. The number of nitrogens with zero attached hydrogens (tertiary/aromatic N) is 1. The van der Waals surface area contributed by atoms with Gasteiger partial charge >= 0.3 is 0 Å². The molecule has 0 bridgehead atoms. The van der Waals surface area contributed by atoms with Crippen LogP contribution in [0.5, 0.6) is 0 Å². The van der Waals surface area contributed by atoms with Crippen molar-refractivity contribution < 1.29 is 14.7 Å². The van der Waals surface area contributed by atoms with Crippen molar-refractivity contribution in [1.82, 2.24) is 0 Å². The molecule has 1 aromatic rings. The number of carbonyl (C=O) groups is 1. The number of oxime groups is 1. The molecule has 0 unspecified atom stereocenters. The van der Waals surface area contributed by atoms with Gasteiger partial charge in [-0.2, -0.15) is 0 Å². The second kappa shape index (κ2) is 3.40. The Morgan fingerprint density at radius 1 is 1.41 bits per heavy atom. The number of hydrogen-bond acceptors (Lipinski definition) is 4. The van der Waals surface area contributed by atoms with Gasteiger partial charge in [0, 0.05) is 12.0 Å². The van der Waals surface area contributed by atoms with Crippen LogP contribution in [0.25, 0.3) is 0 Å². The summed E-state index contributed by atoms with van der Waals surface area (Å²) in [5, 5.41) is 14.1. The molecule has 17 heavy (non-hydrogen) atoms. The van der Waals surface area contributed by atoms with E-state index in [4.69, 9.17) is 4.84 Å². The Kier molecular flexibility index (Phi) is 2.10. The molecule has 0 saturated heterocycles. The van der Waals surface area contributed by atoms with Crippen LogP contribution in [0.1, 0.15) is 18.9 Å². The maximum Gasteiger partial charge on any atom is 0.171 e. The number of benzene rings is 1. The molecule has 0 aromatic heterocycles. The average molecular weight is 231 g/mol. The van der Waals surface area contributed by atoms with Crippen molar-refractivity contribution in [2.75, 3.05) is 0 Å². The molecule has 0 spiro atoms. The summed E-state index contributed by atoms with van der Waals surface area (Å²) in [6, 6.07) is 9.48. The van der Waals surface area contributed by atoms with Gasteiger partial charge in [-0.3, -0.25) is 4.79 Å². The van der Waals surface area contributed by atoms with Gasteiger partial charge in [0.2, 0.25) is 0 Å². The fraction of sp³-hybridized carbons (Fsp3) is 0.385. The maximum absolute atomic E-state index is 11.9. The first kappa shape index (κ1) is 10.5. The van der Waals surface area contributed by atoms with Gasteiger partial charge < -0.3 is 9.94 Å². The summed E-state index contributed by atoms with van der Waals surface area (Å²) in [5.74, 6) is -0.424. The molecule has 1 aliphatic heterocycles. The van der Waals surface area contributed by atoms with Crippen LogP contribution in [-0.2, 0) is 9.63 Å². The topological polar surface area (TPSA) is 58.9 Å². The summed E-state index contributed by atoms with van der Waals surface area (Å²) in [5.41, 5.74) is 0.409. The molecular weight excluding hydrogens is 218 g/mol. The van der Waals surface area contributed by atoms with E-state index in [2.05, 4.69) is 5.16 Å². The van der Waals surface area contributed by atoms with E-state index >= 15 is 0 Å². The van der Waals surface area contributed by atoms with E-state index in [9.17, 15) is 9.90 Å². The van der Waals surface area contributed by atoms with Gasteiger partial charge in [-0.25, -0.2) is 0 Å². The quantitative estimate of drug-likeness (QED) is 0.788. The van der Waals surface area contributed by atoms with Gasteiger partial charge in [0.1, 0.15) is 23.0 Å². The summed E-state index contributed by atoms with van der Waals surface area (Å²) in [4.78, 5) is 17.2. The van der Waals surface area contributed by atoms with Crippen molar-refractivity contribution in [3.8, 4) is 0 Å². The largest absolute Gasteiger partial charge is 0.388 e. The van der Waals surface area contributed by atoms with E-state index in [-0.39, 0.29) is 12.2 Å². The molecule has 1 fully saturated rings. The summed E-state index contributed by atoms with van der Waals surface area (Å²) >= 11 is 0. The van der Waals surface area contributed by atoms with Crippen LogP contribution in [-0.4, -0.2) is 28.3 Å². The Balaban J connectivity index is 1.99. The molecular formula is C13H13NO3. The number of rotatable bonds is 1. The monoisotopic (exact) mass is 231 g/mol. The van der Waals surface area contributed by atoms with Gasteiger partial charge in [-0.1, -0.05) is 35.5 Å². The first-order valence-corrected chi connectivity index (χ1v) is 5.64. The lowest BCUT2D eigenvalue weighted by atomic mass is 9.91. The van der Waals surface area contributed by atoms with Crippen molar-refractivity contribution in [1.29, 1.82) is 0 Å². The van der Waals surface area contributed by atoms with Crippen LogP contribution in [0.3, 0.4) is 0 Å². The Morgan fingerprint density at radius 2 is 2.12 bits per heavy atom. The molecule has 3 atom stereocenters. The SMILES string of the molecule is C[C@]1(O)CC(=O)[C@H]2C(c3ccccc3)=NO[C@H]21. The van der Waals surface area contributed by atoms with Gasteiger partial charge in [-0.05, 0) is 6.92 Å². The highest BCUT2D eigenvalue weighted by atomic mass is 16.7. The van der Waals surface area contributed by atoms with E-state index in [1.54, 1.807) is 6.92 Å². The molecule has 1 aliphatic carbocycles. The number of fused-ring (bicyclic) bond motifs is 1. The minimum atomic E-state index is -1.11. The van der Waals surface area contributed by atoms with E-state index in [0.717, 1.165) is 5.56 Å². The second-order valence-corrected chi connectivity index (χ2v) is 4.85. The Hall–Kier alpha value is -1.68. The van der Waals surface area contributed by atoms with Crippen molar-refractivity contribution in [2.24, 2.45) is 11.1 Å². The molecule has 1 heterocycles. The van der Waals surface area contributed by atoms with Gasteiger partial charge in [0.15, 0.2) is 6.10 Å². The first-order valence-electron chi connectivity index (χ1n) is 5.64. The van der Waals surface area contributed by atoms with E-state index in [1.165, 1.54) is 0 Å². The van der Waals surface area contributed by atoms with Gasteiger partial charge in [0.25, 0.3) is 0 Å². The molecule has 88 valence electrons. The lowest BCUT2D eigenvalue weighted by Gasteiger charge is -2.20. The van der Waals surface area contributed by atoms with E-state index in [0.29, 0.717) is 5.71 Å². The molecule has 0 radical (unpaired) electrons. The molecule has 3 rings (SSSR count). The number of Topliss-reactive ketones (excluding diaryl/α,β-unsaturated/α-hetero) is 1. The fourth-order valence-corrected chi connectivity index (χ4v) is 2.57. The van der Waals surface area contributed by atoms with Crippen molar-refractivity contribution in [2.45, 2.75) is 25.0 Å². The van der Waals surface area contributed by atoms with Crippen molar-refractivity contribution in [3.05, 3.63) is 35.9 Å². The van der Waals surface area contributed by atoms with Crippen LogP contribution in [0.15, 0.2) is 35.5 Å². The van der Waals surface area contributed by atoms with E-state index < -0.39 is 17.6 Å². The molecule has 0 amide bonds. The Bertz CT molecular complexity index is 493. The highest BCUT2D eigenvalue weighted by Gasteiger charge is 2.56. The highest BCUT2D eigenvalue weighted by molar-refractivity contribution is 6.16. The molecule has 1 saturated carbocycles. The first-order chi connectivity index (χ1) is 8.09. The summed E-state index contributed by atoms with van der Waals surface area (Å²) in [6.45, 7) is 1.62. The zero-order chi connectivity index (χ0) is 12.0. The van der Waals surface area contributed by atoms with Crippen LogP contribution in [0, 0.1) is 5.92 Å². The number of carbonyl (C=O) groups excluding carboxylic acids is 1. The molecule has 1 aromatic carbocycles. The number of ketones is 1. The predicted octanol–water partition coefficient (Wildman–Crippen LogP) is 1.13. The van der Waals surface area contributed by atoms with Gasteiger partial charge in [0.05, 0.1) is 0 Å². The summed E-state index contributed by atoms with van der Waals surface area (Å²) < 4.78 is 0.